The highest BCUT2D eigenvalue weighted by Crippen LogP contribution is 2.45. The number of nitrogens with zero attached hydrogens (tertiary/aromatic N) is 2. The largest absolute Gasteiger partial charge is 0.493 e. The summed E-state index contributed by atoms with van der Waals surface area (Å²) in [6.45, 7) is 2.01. The number of hydrogen-bond donors (Lipinski definition) is 0. The molecule has 6 heteroatoms. The van der Waals surface area contributed by atoms with Crippen LogP contribution in [0.15, 0.2) is 132 Å². The van der Waals surface area contributed by atoms with E-state index in [2.05, 4.69) is 83.0 Å². The van der Waals surface area contributed by atoms with Gasteiger partial charge in [-0.15, -0.1) is 0 Å². The van der Waals surface area contributed by atoms with E-state index in [1.54, 1.807) is 0 Å². The van der Waals surface area contributed by atoms with Crippen LogP contribution in [0.3, 0.4) is 0 Å². The molecule has 6 nitrogen and oxygen atoms in total. The van der Waals surface area contributed by atoms with Crippen LogP contribution in [-0.4, -0.2) is 26.4 Å². The number of ether oxygens (including phenoxy) is 4. The van der Waals surface area contributed by atoms with E-state index in [4.69, 9.17) is 18.9 Å². The molecule has 0 aliphatic carbocycles. The Morgan fingerprint density at radius 1 is 0.409 bits per heavy atom. The van der Waals surface area contributed by atoms with Crippen molar-refractivity contribution in [3.63, 3.8) is 0 Å². The monoisotopic (exact) mass is 580 g/mol. The van der Waals surface area contributed by atoms with Crippen LogP contribution >= 0.6 is 0 Å². The molecule has 7 rings (SSSR count). The number of benzene rings is 6. The van der Waals surface area contributed by atoms with E-state index < -0.39 is 0 Å². The van der Waals surface area contributed by atoms with Crippen LogP contribution in [0.1, 0.15) is 12.8 Å². The van der Waals surface area contributed by atoms with E-state index in [0.29, 0.717) is 39.3 Å². The minimum absolute atomic E-state index is 0.499. The van der Waals surface area contributed by atoms with Crippen molar-refractivity contribution in [1.29, 1.82) is 0 Å². The number of fused-ring (bicyclic) bond motifs is 11. The Bertz CT molecular complexity index is 1810. The first-order chi connectivity index (χ1) is 21.8. The number of hydrogen-bond acceptors (Lipinski definition) is 6. The van der Waals surface area contributed by atoms with Gasteiger partial charge in [0, 0.05) is 36.1 Å². The van der Waals surface area contributed by atoms with Gasteiger partial charge in [0.1, 0.15) is 23.0 Å². The summed E-state index contributed by atoms with van der Waals surface area (Å²) >= 11 is 0. The summed E-state index contributed by atoms with van der Waals surface area (Å²) in [5.74, 6) is 3.12. The summed E-state index contributed by atoms with van der Waals surface area (Å²) in [5, 5.41) is 13.3. The second kappa shape index (κ2) is 12.9. The van der Waals surface area contributed by atoms with Crippen LogP contribution < -0.4 is 18.9 Å². The number of azo groups is 1. The van der Waals surface area contributed by atoms with Crippen molar-refractivity contribution < 1.29 is 18.9 Å². The lowest BCUT2D eigenvalue weighted by molar-refractivity contribution is 0.246. The Kier molecular flexibility index (Phi) is 8.04. The molecule has 0 aromatic heterocycles. The maximum atomic E-state index is 6.50. The first-order valence-electron chi connectivity index (χ1n) is 15.0. The molecule has 0 unspecified atom stereocenters. The maximum absolute atomic E-state index is 6.50. The molecule has 44 heavy (non-hydrogen) atoms. The van der Waals surface area contributed by atoms with Crippen LogP contribution in [0.2, 0.25) is 0 Å². The van der Waals surface area contributed by atoms with Crippen LogP contribution in [0.5, 0.6) is 23.0 Å². The molecule has 0 saturated heterocycles. The maximum Gasteiger partial charge on any atom is 0.127 e. The van der Waals surface area contributed by atoms with Crippen LogP contribution in [0.25, 0.3) is 32.7 Å². The Labute approximate surface area is 256 Å². The van der Waals surface area contributed by atoms with Crippen molar-refractivity contribution in [3.8, 4) is 34.1 Å². The summed E-state index contributed by atoms with van der Waals surface area (Å²) in [7, 11) is 0. The van der Waals surface area contributed by atoms with Gasteiger partial charge in [-0.1, -0.05) is 72.8 Å². The molecule has 1 aliphatic rings. The molecule has 4 bridgehead atoms. The minimum atomic E-state index is 0.499. The van der Waals surface area contributed by atoms with E-state index in [1.807, 2.05) is 48.5 Å². The quantitative estimate of drug-likeness (QED) is 0.179. The fourth-order valence-corrected chi connectivity index (χ4v) is 5.51. The molecule has 0 saturated carbocycles. The molecule has 0 N–H and O–H groups in total. The molecular weight excluding hydrogens is 548 g/mol. The van der Waals surface area contributed by atoms with Gasteiger partial charge in [0.2, 0.25) is 0 Å². The summed E-state index contributed by atoms with van der Waals surface area (Å²) in [6, 6.07) is 40.5. The summed E-state index contributed by atoms with van der Waals surface area (Å²) in [5.41, 5.74) is 3.50. The van der Waals surface area contributed by atoms with Gasteiger partial charge in [0.25, 0.3) is 0 Å². The number of rotatable bonds is 0. The van der Waals surface area contributed by atoms with E-state index in [-0.39, 0.29) is 0 Å². The van der Waals surface area contributed by atoms with Gasteiger partial charge >= 0.3 is 0 Å². The topological polar surface area (TPSA) is 61.6 Å². The molecule has 1 aliphatic heterocycles. The van der Waals surface area contributed by atoms with E-state index in [9.17, 15) is 0 Å². The second-order valence-corrected chi connectivity index (χ2v) is 10.6. The predicted octanol–water partition coefficient (Wildman–Crippen LogP) is 10.1. The van der Waals surface area contributed by atoms with Crippen molar-refractivity contribution >= 4 is 32.9 Å². The summed E-state index contributed by atoms with van der Waals surface area (Å²) < 4.78 is 25.1. The highest BCUT2D eigenvalue weighted by Gasteiger charge is 2.19. The average Bonchev–Trinajstić information content (AvgIpc) is 3.07. The predicted molar refractivity (Wildman–Crippen MR) is 175 cm³/mol. The Morgan fingerprint density at radius 2 is 0.864 bits per heavy atom. The zero-order valence-corrected chi connectivity index (χ0v) is 24.3. The zero-order valence-electron chi connectivity index (χ0n) is 24.3. The van der Waals surface area contributed by atoms with Crippen molar-refractivity contribution in [1.82, 2.24) is 0 Å². The fourth-order valence-electron chi connectivity index (χ4n) is 5.51. The molecule has 0 fully saturated rings. The minimum Gasteiger partial charge on any atom is -0.493 e. The lowest BCUT2D eigenvalue weighted by atomic mass is 9.92. The van der Waals surface area contributed by atoms with Crippen LogP contribution in [0, 0.1) is 0 Å². The van der Waals surface area contributed by atoms with Crippen LogP contribution in [0.4, 0.5) is 11.4 Å². The van der Waals surface area contributed by atoms with E-state index in [0.717, 1.165) is 67.0 Å². The van der Waals surface area contributed by atoms with E-state index >= 15 is 0 Å². The highest BCUT2D eigenvalue weighted by molar-refractivity contribution is 6.09. The molecular formula is C38H32N2O4. The highest BCUT2D eigenvalue weighted by atomic mass is 16.5. The SMILES string of the molecule is c1cc2cc(c1)OCCCOc1ccc3ccccc3c1-c1c(ccc3ccccc13)OCCCOc1cccc(c1)N=N2. The molecule has 218 valence electrons. The Hall–Kier alpha value is -5.36. The van der Waals surface area contributed by atoms with Crippen molar-refractivity contribution in [2.45, 2.75) is 12.8 Å². The van der Waals surface area contributed by atoms with Gasteiger partial charge in [-0.3, -0.25) is 0 Å². The summed E-state index contributed by atoms with van der Waals surface area (Å²) in [4.78, 5) is 0. The van der Waals surface area contributed by atoms with Crippen molar-refractivity contribution in [2.75, 3.05) is 26.4 Å². The third-order valence-corrected chi connectivity index (χ3v) is 7.58. The first kappa shape index (κ1) is 27.5. The fraction of sp³-hybridized carbons (Fsp3) is 0.158. The standard InChI is InChI=1S/C38H32N2O4/c1-3-15-33-27(9-1)17-19-35-37(33)38-34-16-4-2-10-28(34)18-20-36(38)44-24-8-22-42-32-14-6-12-30(26-32)40-39-29-11-5-13-31(25-29)41-21-7-23-43-35/h1-6,9-20,25-26H,7-8,21-24H2. The van der Waals surface area contributed by atoms with Crippen molar-refractivity contribution in [3.05, 3.63) is 121 Å². The van der Waals surface area contributed by atoms with Crippen molar-refractivity contribution in [2.24, 2.45) is 10.2 Å². The zero-order chi connectivity index (χ0) is 29.6. The molecule has 6 aromatic carbocycles. The van der Waals surface area contributed by atoms with Crippen LogP contribution in [-0.2, 0) is 0 Å². The molecule has 1 heterocycles. The first-order valence-corrected chi connectivity index (χ1v) is 15.0. The van der Waals surface area contributed by atoms with Gasteiger partial charge < -0.3 is 18.9 Å². The summed E-state index contributed by atoms with van der Waals surface area (Å²) in [6.07, 6.45) is 1.42. The molecule has 0 amide bonds. The smallest absolute Gasteiger partial charge is 0.127 e. The van der Waals surface area contributed by atoms with E-state index in [1.165, 1.54) is 0 Å². The third kappa shape index (κ3) is 6.06. The molecule has 6 aromatic rings. The van der Waals surface area contributed by atoms with Gasteiger partial charge in [-0.25, -0.2) is 0 Å². The Balaban J connectivity index is 1.27. The second-order valence-electron chi connectivity index (χ2n) is 10.6. The molecule has 0 spiro atoms. The normalized spacial score (nSPS) is 14.0. The average molecular weight is 581 g/mol. The third-order valence-electron chi connectivity index (χ3n) is 7.58. The Morgan fingerprint density at radius 3 is 1.36 bits per heavy atom. The lowest BCUT2D eigenvalue weighted by Gasteiger charge is -2.20. The van der Waals surface area contributed by atoms with Gasteiger partial charge in [0.05, 0.1) is 37.8 Å². The van der Waals surface area contributed by atoms with Gasteiger partial charge in [-0.05, 0) is 57.9 Å². The molecule has 0 radical (unpaired) electrons. The van der Waals surface area contributed by atoms with Gasteiger partial charge in [-0.2, -0.15) is 10.2 Å². The molecule has 0 atom stereocenters. The lowest BCUT2D eigenvalue weighted by Crippen LogP contribution is -2.07. The van der Waals surface area contributed by atoms with Gasteiger partial charge in [0.15, 0.2) is 0 Å².